The molecule has 25 heavy (non-hydrogen) atoms. The van der Waals surface area contributed by atoms with Crippen LogP contribution in [0.5, 0.6) is 0 Å². The zero-order chi connectivity index (χ0) is 17.6. The molecule has 0 radical (unpaired) electrons. The van der Waals surface area contributed by atoms with Crippen molar-refractivity contribution in [1.29, 1.82) is 0 Å². The Kier molecular flexibility index (Phi) is 3.75. The molecular formula is C19H19FN4O. The summed E-state index contributed by atoms with van der Waals surface area (Å²) in [7, 11) is 0. The maximum Gasteiger partial charge on any atom is 0.256 e. The standard InChI is InChI=1S/C19H19FN4O/c1-12(16-5-3-4-6-17(16)20)24(15-8-9-15)19(25)14-7-10-18-22-21-13(2)23(18)11-14/h3-7,10-12,15H,8-9H2,1-2H3/t12-/m0/s1. The van der Waals surface area contributed by atoms with Crippen LogP contribution in [-0.2, 0) is 0 Å². The highest BCUT2D eigenvalue weighted by Gasteiger charge is 2.37. The molecule has 0 bridgehead atoms. The molecule has 1 fully saturated rings. The van der Waals surface area contributed by atoms with Crippen molar-refractivity contribution >= 4 is 11.6 Å². The van der Waals surface area contributed by atoms with E-state index in [2.05, 4.69) is 10.2 Å². The van der Waals surface area contributed by atoms with Crippen molar-refractivity contribution < 1.29 is 9.18 Å². The number of carbonyl (C=O) groups is 1. The first-order valence-corrected chi connectivity index (χ1v) is 8.44. The fraction of sp³-hybridized carbons (Fsp3) is 0.316. The second-order valence-electron chi connectivity index (χ2n) is 6.53. The molecule has 1 aliphatic rings. The molecule has 0 N–H and O–H groups in total. The molecular weight excluding hydrogens is 319 g/mol. The Balaban J connectivity index is 1.71. The van der Waals surface area contributed by atoms with Crippen molar-refractivity contribution in [2.24, 2.45) is 0 Å². The molecule has 0 aliphatic heterocycles. The number of hydrogen-bond donors (Lipinski definition) is 0. The summed E-state index contributed by atoms with van der Waals surface area (Å²) in [4.78, 5) is 15.0. The lowest BCUT2D eigenvalue weighted by molar-refractivity contribution is 0.0670. The Morgan fingerprint density at radius 3 is 2.72 bits per heavy atom. The molecule has 0 spiro atoms. The predicted octanol–water partition coefficient (Wildman–Crippen LogP) is 3.54. The van der Waals surface area contributed by atoms with Crippen molar-refractivity contribution in [3.05, 3.63) is 65.4 Å². The Morgan fingerprint density at radius 1 is 1.24 bits per heavy atom. The Bertz CT molecular complexity index is 948. The Hall–Kier alpha value is -2.76. The lowest BCUT2D eigenvalue weighted by atomic mass is 10.0. The van der Waals surface area contributed by atoms with Gasteiger partial charge in [-0.1, -0.05) is 18.2 Å². The molecule has 2 heterocycles. The van der Waals surface area contributed by atoms with Gasteiger partial charge in [0.05, 0.1) is 11.6 Å². The summed E-state index contributed by atoms with van der Waals surface area (Å²) in [5, 5.41) is 8.07. The molecule has 1 aliphatic carbocycles. The van der Waals surface area contributed by atoms with Gasteiger partial charge in [-0.05, 0) is 44.9 Å². The molecule has 3 aromatic rings. The number of halogens is 1. The summed E-state index contributed by atoms with van der Waals surface area (Å²) in [6.07, 6.45) is 3.67. The van der Waals surface area contributed by atoms with E-state index in [0.717, 1.165) is 18.7 Å². The van der Waals surface area contributed by atoms with Crippen LogP contribution in [-0.4, -0.2) is 31.4 Å². The number of hydrogen-bond acceptors (Lipinski definition) is 3. The molecule has 128 valence electrons. The molecule has 1 atom stereocenters. The molecule has 0 unspecified atom stereocenters. The third-order valence-corrected chi connectivity index (χ3v) is 4.77. The second kappa shape index (κ2) is 5.95. The van der Waals surface area contributed by atoms with Crippen LogP contribution in [0.3, 0.4) is 0 Å². The zero-order valence-corrected chi connectivity index (χ0v) is 14.2. The number of amides is 1. The highest BCUT2D eigenvalue weighted by Crippen LogP contribution is 2.36. The van der Waals surface area contributed by atoms with Crippen molar-refractivity contribution in [2.75, 3.05) is 0 Å². The van der Waals surface area contributed by atoms with Crippen LogP contribution in [0, 0.1) is 12.7 Å². The van der Waals surface area contributed by atoms with Gasteiger partial charge in [-0.15, -0.1) is 10.2 Å². The fourth-order valence-corrected chi connectivity index (χ4v) is 3.26. The van der Waals surface area contributed by atoms with Crippen molar-refractivity contribution in [3.63, 3.8) is 0 Å². The quantitative estimate of drug-likeness (QED) is 0.731. The number of pyridine rings is 1. The van der Waals surface area contributed by atoms with E-state index in [1.807, 2.05) is 13.8 Å². The summed E-state index contributed by atoms with van der Waals surface area (Å²) >= 11 is 0. The first kappa shape index (κ1) is 15.7. The maximum absolute atomic E-state index is 14.2. The molecule has 1 saturated carbocycles. The number of fused-ring (bicyclic) bond motifs is 1. The lowest BCUT2D eigenvalue weighted by Gasteiger charge is -2.30. The molecule has 1 aromatic carbocycles. The molecule has 2 aromatic heterocycles. The molecule has 4 rings (SSSR count). The van der Waals surface area contributed by atoms with Gasteiger partial charge in [-0.2, -0.15) is 0 Å². The van der Waals surface area contributed by atoms with E-state index in [-0.39, 0.29) is 23.8 Å². The summed E-state index contributed by atoms with van der Waals surface area (Å²) in [6, 6.07) is 10.0. The maximum atomic E-state index is 14.2. The van der Waals surface area contributed by atoms with Crippen LogP contribution in [0.2, 0.25) is 0 Å². The van der Waals surface area contributed by atoms with Gasteiger partial charge in [0.25, 0.3) is 5.91 Å². The Morgan fingerprint density at radius 2 is 2.00 bits per heavy atom. The summed E-state index contributed by atoms with van der Waals surface area (Å²) < 4.78 is 16.0. The highest BCUT2D eigenvalue weighted by atomic mass is 19.1. The van der Waals surface area contributed by atoms with E-state index in [4.69, 9.17) is 0 Å². The first-order valence-electron chi connectivity index (χ1n) is 8.44. The van der Waals surface area contributed by atoms with E-state index in [1.54, 1.807) is 45.8 Å². The van der Waals surface area contributed by atoms with Crippen LogP contribution in [0.4, 0.5) is 4.39 Å². The lowest BCUT2D eigenvalue weighted by Crippen LogP contribution is -2.36. The van der Waals surface area contributed by atoms with Gasteiger partial charge < -0.3 is 4.90 Å². The number of aryl methyl sites for hydroxylation is 1. The van der Waals surface area contributed by atoms with E-state index in [0.29, 0.717) is 16.8 Å². The monoisotopic (exact) mass is 338 g/mol. The van der Waals surface area contributed by atoms with Gasteiger partial charge in [0.15, 0.2) is 5.65 Å². The summed E-state index contributed by atoms with van der Waals surface area (Å²) in [5.74, 6) is 0.358. The van der Waals surface area contributed by atoms with E-state index >= 15 is 0 Å². The van der Waals surface area contributed by atoms with Crippen molar-refractivity contribution in [2.45, 2.75) is 38.8 Å². The van der Waals surface area contributed by atoms with Crippen LogP contribution in [0.15, 0.2) is 42.6 Å². The highest BCUT2D eigenvalue weighted by molar-refractivity contribution is 5.95. The van der Waals surface area contributed by atoms with Crippen LogP contribution < -0.4 is 0 Å². The molecule has 0 saturated heterocycles. The SMILES string of the molecule is Cc1nnc2ccc(C(=O)N(C3CC3)[C@@H](C)c3ccccc3F)cn12. The summed E-state index contributed by atoms with van der Waals surface area (Å²) in [6.45, 7) is 3.73. The predicted molar refractivity (Wildman–Crippen MR) is 91.7 cm³/mol. The van der Waals surface area contributed by atoms with Gasteiger partial charge in [-0.3, -0.25) is 9.20 Å². The van der Waals surface area contributed by atoms with E-state index in [1.165, 1.54) is 6.07 Å². The van der Waals surface area contributed by atoms with Crippen molar-refractivity contribution in [3.8, 4) is 0 Å². The number of carbonyl (C=O) groups excluding carboxylic acids is 1. The number of aromatic nitrogens is 3. The van der Waals surface area contributed by atoms with Crippen LogP contribution in [0.25, 0.3) is 5.65 Å². The topological polar surface area (TPSA) is 50.5 Å². The largest absolute Gasteiger partial charge is 0.329 e. The number of nitrogens with zero attached hydrogens (tertiary/aromatic N) is 4. The molecule has 1 amide bonds. The average molecular weight is 338 g/mol. The zero-order valence-electron chi connectivity index (χ0n) is 14.2. The third-order valence-electron chi connectivity index (χ3n) is 4.77. The van der Waals surface area contributed by atoms with Crippen LogP contribution >= 0.6 is 0 Å². The summed E-state index contributed by atoms with van der Waals surface area (Å²) in [5.41, 5.74) is 1.81. The second-order valence-corrected chi connectivity index (χ2v) is 6.53. The Labute approximate surface area is 145 Å². The minimum absolute atomic E-state index is 0.0896. The normalized spacial score (nSPS) is 15.3. The first-order chi connectivity index (χ1) is 12.1. The number of rotatable bonds is 4. The third kappa shape index (κ3) is 2.77. The van der Waals surface area contributed by atoms with Crippen molar-refractivity contribution in [1.82, 2.24) is 19.5 Å². The van der Waals surface area contributed by atoms with E-state index < -0.39 is 0 Å². The van der Waals surface area contributed by atoms with Gasteiger partial charge in [0.2, 0.25) is 0 Å². The molecule has 6 heteroatoms. The van der Waals surface area contributed by atoms with Gasteiger partial charge in [-0.25, -0.2) is 4.39 Å². The van der Waals surface area contributed by atoms with E-state index in [9.17, 15) is 9.18 Å². The van der Waals surface area contributed by atoms with Gasteiger partial charge in [0, 0.05) is 17.8 Å². The van der Waals surface area contributed by atoms with Gasteiger partial charge >= 0.3 is 0 Å². The smallest absolute Gasteiger partial charge is 0.256 e. The number of benzene rings is 1. The fourth-order valence-electron chi connectivity index (χ4n) is 3.26. The average Bonchev–Trinajstić information content (AvgIpc) is 3.38. The minimum atomic E-state index is -0.320. The van der Waals surface area contributed by atoms with Gasteiger partial charge in [0.1, 0.15) is 11.6 Å². The minimum Gasteiger partial charge on any atom is -0.329 e. The van der Waals surface area contributed by atoms with Crippen LogP contribution in [0.1, 0.15) is 47.6 Å². The molecule has 5 nitrogen and oxygen atoms in total.